The summed E-state index contributed by atoms with van der Waals surface area (Å²) in [6, 6.07) is 5.95. The number of hydrogen-bond acceptors (Lipinski definition) is 4. The molecule has 1 aliphatic rings. The molecule has 0 bridgehead atoms. The molecule has 0 amide bonds. The summed E-state index contributed by atoms with van der Waals surface area (Å²) in [4.78, 5) is 6.88. The van der Waals surface area contributed by atoms with Crippen LogP contribution in [0.15, 0.2) is 29.4 Å². The molecule has 0 spiro atoms. The number of nitrogens with zero attached hydrogens (tertiary/aromatic N) is 5. The van der Waals surface area contributed by atoms with Crippen molar-refractivity contribution in [3.63, 3.8) is 0 Å². The van der Waals surface area contributed by atoms with E-state index in [1.165, 1.54) is 12.8 Å². The molecule has 0 aliphatic heterocycles. The first-order chi connectivity index (χ1) is 12.8. The molecule has 0 unspecified atom stereocenters. The summed E-state index contributed by atoms with van der Waals surface area (Å²) in [5.74, 6) is 2.74. The molecule has 2 aromatic rings. The van der Waals surface area contributed by atoms with Crippen LogP contribution in [0.2, 0.25) is 0 Å². The fourth-order valence-electron chi connectivity index (χ4n) is 2.80. The molecule has 0 aromatic carbocycles. The second kappa shape index (κ2) is 11.4. The van der Waals surface area contributed by atoms with Gasteiger partial charge in [-0.15, -0.1) is 34.2 Å². The van der Waals surface area contributed by atoms with Crippen LogP contribution in [-0.2, 0) is 11.2 Å². The lowest BCUT2D eigenvalue weighted by molar-refractivity contribution is 0.115. The minimum absolute atomic E-state index is 0. The third-order valence-corrected chi connectivity index (χ3v) is 4.52. The van der Waals surface area contributed by atoms with Gasteiger partial charge >= 0.3 is 0 Å². The normalized spacial score (nSPS) is 14.2. The van der Waals surface area contributed by atoms with Gasteiger partial charge in [-0.25, -0.2) is 0 Å². The van der Waals surface area contributed by atoms with E-state index in [-0.39, 0.29) is 24.0 Å². The molecule has 8 heteroatoms. The number of guanidine groups is 1. The smallest absolute Gasteiger partial charge is 0.193 e. The molecule has 27 heavy (non-hydrogen) atoms. The van der Waals surface area contributed by atoms with Crippen LogP contribution in [0, 0.1) is 5.92 Å². The van der Waals surface area contributed by atoms with Crippen LogP contribution in [0.25, 0.3) is 5.65 Å². The predicted octanol–water partition coefficient (Wildman–Crippen LogP) is 2.60. The monoisotopic (exact) mass is 486 g/mol. The van der Waals surface area contributed by atoms with Crippen LogP contribution < -0.4 is 5.32 Å². The van der Waals surface area contributed by atoms with Crippen LogP contribution in [0.3, 0.4) is 0 Å². The largest absolute Gasteiger partial charge is 0.379 e. The fourth-order valence-corrected chi connectivity index (χ4v) is 2.80. The van der Waals surface area contributed by atoms with Crippen molar-refractivity contribution in [2.45, 2.75) is 32.6 Å². The van der Waals surface area contributed by atoms with Crippen LogP contribution in [0.4, 0.5) is 0 Å². The Hall–Kier alpha value is -1.42. The minimum Gasteiger partial charge on any atom is -0.379 e. The molecule has 1 N–H and O–H groups in total. The highest BCUT2D eigenvalue weighted by Crippen LogP contribution is 2.28. The van der Waals surface area contributed by atoms with Crippen molar-refractivity contribution in [3.05, 3.63) is 30.2 Å². The van der Waals surface area contributed by atoms with E-state index in [1.807, 2.05) is 28.8 Å². The lowest BCUT2D eigenvalue weighted by Crippen LogP contribution is -2.40. The number of rotatable bonds is 10. The third-order valence-electron chi connectivity index (χ3n) is 4.52. The summed E-state index contributed by atoms with van der Waals surface area (Å²) in [6.45, 7) is 6.23. The number of nitrogens with one attached hydrogen (secondary N) is 1. The summed E-state index contributed by atoms with van der Waals surface area (Å²) in [5, 5.41) is 11.8. The van der Waals surface area contributed by atoms with E-state index in [1.54, 1.807) is 0 Å². The number of aromatic nitrogens is 3. The van der Waals surface area contributed by atoms with E-state index in [9.17, 15) is 0 Å². The van der Waals surface area contributed by atoms with Gasteiger partial charge in [0.1, 0.15) is 5.82 Å². The molecular formula is C19H31IN6O. The minimum atomic E-state index is 0. The van der Waals surface area contributed by atoms with Gasteiger partial charge in [0.2, 0.25) is 0 Å². The maximum atomic E-state index is 5.73. The second-order valence-electron chi connectivity index (χ2n) is 6.82. The maximum absolute atomic E-state index is 5.73. The lowest BCUT2D eigenvalue weighted by Gasteiger charge is -2.22. The Kier molecular flexibility index (Phi) is 9.26. The Morgan fingerprint density at radius 1 is 1.37 bits per heavy atom. The molecule has 150 valence electrons. The van der Waals surface area contributed by atoms with Crippen molar-refractivity contribution < 1.29 is 4.74 Å². The summed E-state index contributed by atoms with van der Waals surface area (Å²) < 4.78 is 7.77. The maximum Gasteiger partial charge on any atom is 0.193 e. The zero-order chi connectivity index (χ0) is 18.2. The first-order valence-electron chi connectivity index (χ1n) is 9.63. The van der Waals surface area contributed by atoms with Gasteiger partial charge in [0, 0.05) is 45.9 Å². The molecular weight excluding hydrogens is 455 g/mol. The number of hydrogen-bond donors (Lipinski definition) is 1. The standard InChI is InChI=1S/C19H30N6O.HI/c1-3-20-19(24(2)13-14-26-15-16-9-10-16)21-11-6-8-18-23-22-17-7-4-5-12-25(17)18;/h4-5,7,12,16H,3,6,8-11,13-15H2,1-2H3,(H,20,21);1H. The van der Waals surface area contributed by atoms with Crippen LogP contribution in [0.1, 0.15) is 32.0 Å². The number of aryl methyl sites for hydroxylation is 1. The van der Waals surface area contributed by atoms with Gasteiger partial charge in [0.05, 0.1) is 6.61 Å². The molecule has 7 nitrogen and oxygen atoms in total. The number of ether oxygens (including phenoxy) is 1. The van der Waals surface area contributed by atoms with Gasteiger partial charge in [-0.1, -0.05) is 6.07 Å². The highest BCUT2D eigenvalue weighted by atomic mass is 127. The zero-order valence-corrected chi connectivity index (χ0v) is 18.6. The SMILES string of the molecule is CCNC(=NCCCc1nnc2ccccn12)N(C)CCOCC1CC1.I. The molecule has 0 radical (unpaired) electrons. The Bertz CT molecular complexity index is 715. The van der Waals surface area contributed by atoms with E-state index in [0.717, 1.165) is 69.0 Å². The Balaban J connectivity index is 0.00000261. The molecule has 3 rings (SSSR count). The quantitative estimate of drug-likeness (QED) is 0.242. The van der Waals surface area contributed by atoms with E-state index in [4.69, 9.17) is 9.73 Å². The molecule has 1 saturated carbocycles. The first-order valence-corrected chi connectivity index (χ1v) is 9.63. The Morgan fingerprint density at radius 3 is 3.00 bits per heavy atom. The summed E-state index contributed by atoms with van der Waals surface area (Å²) in [7, 11) is 2.06. The highest BCUT2D eigenvalue weighted by molar-refractivity contribution is 14.0. The molecule has 1 fully saturated rings. The summed E-state index contributed by atoms with van der Waals surface area (Å²) >= 11 is 0. The average molecular weight is 486 g/mol. The van der Waals surface area contributed by atoms with Crippen molar-refractivity contribution in [1.82, 2.24) is 24.8 Å². The fraction of sp³-hybridized carbons (Fsp3) is 0.632. The van der Waals surface area contributed by atoms with Crippen molar-refractivity contribution >= 4 is 35.6 Å². The van der Waals surface area contributed by atoms with Gasteiger partial charge in [-0.2, -0.15) is 0 Å². The third kappa shape index (κ3) is 6.91. The van der Waals surface area contributed by atoms with Crippen molar-refractivity contribution in [2.75, 3.05) is 39.9 Å². The molecule has 1 aliphatic carbocycles. The number of likely N-dealkylation sites (N-methyl/N-ethyl adjacent to an activating group) is 1. The van der Waals surface area contributed by atoms with Crippen LogP contribution in [-0.4, -0.2) is 65.4 Å². The number of aliphatic imine (C=N–C) groups is 1. The summed E-state index contributed by atoms with van der Waals surface area (Å²) in [6.07, 6.45) is 6.48. The Labute approximate surface area is 178 Å². The van der Waals surface area contributed by atoms with Crippen molar-refractivity contribution in [3.8, 4) is 0 Å². The molecule has 0 atom stereocenters. The van der Waals surface area contributed by atoms with Gasteiger partial charge in [0.15, 0.2) is 11.6 Å². The van der Waals surface area contributed by atoms with Crippen molar-refractivity contribution in [2.24, 2.45) is 10.9 Å². The lowest BCUT2D eigenvalue weighted by atomic mass is 10.3. The van der Waals surface area contributed by atoms with Gasteiger partial charge in [-0.3, -0.25) is 9.39 Å². The van der Waals surface area contributed by atoms with E-state index in [2.05, 4.69) is 34.4 Å². The molecule has 2 aromatic heterocycles. The number of halogens is 1. The average Bonchev–Trinajstić information content (AvgIpc) is 3.40. The van der Waals surface area contributed by atoms with Gasteiger partial charge in [-0.05, 0) is 44.2 Å². The zero-order valence-electron chi connectivity index (χ0n) is 16.3. The van der Waals surface area contributed by atoms with Gasteiger partial charge in [0.25, 0.3) is 0 Å². The predicted molar refractivity (Wildman–Crippen MR) is 119 cm³/mol. The highest BCUT2D eigenvalue weighted by Gasteiger charge is 2.21. The van der Waals surface area contributed by atoms with E-state index in [0.29, 0.717) is 0 Å². The number of pyridine rings is 1. The van der Waals surface area contributed by atoms with E-state index >= 15 is 0 Å². The van der Waals surface area contributed by atoms with Crippen LogP contribution >= 0.6 is 24.0 Å². The Morgan fingerprint density at radius 2 is 2.22 bits per heavy atom. The topological polar surface area (TPSA) is 67.0 Å². The molecule has 2 heterocycles. The number of fused-ring (bicyclic) bond motifs is 1. The van der Waals surface area contributed by atoms with E-state index < -0.39 is 0 Å². The molecule has 0 saturated heterocycles. The first kappa shape index (κ1) is 21.9. The second-order valence-corrected chi connectivity index (χ2v) is 6.82. The van der Waals surface area contributed by atoms with Crippen LogP contribution in [0.5, 0.6) is 0 Å². The van der Waals surface area contributed by atoms with Gasteiger partial charge < -0.3 is 15.0 Å². The summed E-state index contributed by atoms with van der Waals surface area (Å²) in [5.41, 5.74) is 0.894. The van der Waals surface area contributed by atoms with Crippen molar-refractivity contribution in [1.29, 1.82) is 0 Å².